The predicted octanol–water partition coefficient (Wildman–Crippen LogP) is 5.45. The molecule has 0 radical (unpaired) electrons. The molecule has 3 rings (SSSR count). The molecule has 186 valence electrons. The molecule has 2 aliphatic heterocycles. The molecule has 2 heterocycles. The maximum absolute atomic E-state index is 12.8. The van der Waals surface area contributed by atoms with E-state index in [1.54, 1.807) is 7.11 Å². The summed E-state index contributed by atoms with van der Waals surface area (Å²) in [5.74, 6) is 0.940. The average Bonchev–Trinajstić information content (AvgIpc) is 2.73. The van der Waals surface area contributed by atoms with Gasteiger partial charge in [0.15, 0.2) is 0 Å². The first kappa shape index (κ1) is 26.2. The summed E-state index contributed by atoms with van der Waals surface area (Å²) >= 11 is 0. The van der Waals surface area contributed by atoms with Crippen molar-refractivity contribution in [1.29, 1.82) is 0 Å². The summed E-state index contributed by atoms with van der Waals surface area (Å²) < 4.78 is 18.4. The van der Waals surface area contributed by atoms with E-state index in [1.165, 1.54) is 5.56 Å². The fraction of sp³-hybridized carbons (Fsp3) is 0.750. The first-order valence-corrected chi connectivity index (χ1v) is 12.7. The van der Waals surface area contributed by atoms with Crippen LogP contribution in [0.1, 0.15) is 81.4 Å². The van der Waals surface area contributed by atoms with Crippen LogP contribution in [0.25, 0.3) is 0 Å². The van der Waals surface area contributed by atoms with Crippen molar-refractivity contribution in [1.82, 2.24) is 5.32 Å². The van der Waals surface area contributed by atoms with Crippen LogP contribution in [0, 0.1) is 37.0 Å². The van der Waals surface area contributed by atoms with Crippen LogP contribution in [-0.2, 0) is 20.6 Å². The Bertz CT molecular complexity index is 835. The van der Waals surface area contributed by atoms with E-state index in [0.717, 1.165) is 42.5 Å². The normalized spacial score (nSPS) is 29.7. The summed E-state index contributed by atoms with van der Waals surface area (Å²) in [6.07, 6.45) is 2.67. The number of hydrogen-bond acceptors (Lipinski definition) is 5. The second-order valence-corrected chi connectivity index (χ2v) is 11.2. The van der Waals surface area contributed by atoms with Crippen molar-refractivity contribution in [3.05, 3.63) is 34.4 Å². The summed E-state index contributed by atoms with van der Waals surface area (Å²) in [7, 11) is 1.75. The Morgan fingerprint density at radius 3 is 2.55 bits per heavy atom. The zero-order valence-electron chi connectivity index (χ0n) is 22.2. The lowest BCUT2D eigenvalue weighted by Gasteiger charge is -2.49. The topological polar surface area (TPSA) is 56.8 Å². The molecular formula is C28H45NO4. The van der Waals surface area contributed by atoms with Crippen molar-refractivity contribution in [2.75, 3.05) is 13.7 Å². The van der Waals surface area contributed by atoms with E-state index in [-0.39, 0.29) is 41.8 Å². The number of ether oxygens (including phenoxy) is 3. The number of cyclic esters (lactones) is 1. The van der Waals surface area contributed by atoms with Crippen molar-refractivity contribution < 1.29 is 19.0 Å². The summed E-state index contributed by atoms with van der Waals surface area (Å²) in [6.45, 7) is 18.5. The van der Waals surface area contributed by atoms with E-state index in [2.05, 4.69) is 65.9 Å². The van der Waals surface area contributed by atoms with Crippen LogP contribution in [0.3, 0.4) is 0 Å². The maximum Gasteiger partial charge on any atom is 0.338 e. The van der Waals surface area contributed by atoms with Crippen LogP contribution >= 0.6 is 0 Å². The monoisotopic (exact) mass is 459 g/mol. The highest BCUT2D eigenvalue weighted by Gasteiger charge is 2.46. The largest absolute Gasteiger partial charge is 0.458 e. The summed E-state index contributed by atoms with van der Waals surface area (Å²) in [5, 5.41) is 3.42. The Labute approximate surface area is 201 Å². The van der Waals surface area contributed by atoms with Gasteiger partial charge in [-0.15, -0.1) is 0 Å². The second-order valence-electron chi connectivity index (χ2n) is 11.2. The van der Waals surface area contributed by atoms with E-state index in [0.29, 0.717) is 11.8 Å². The smallest absolute Gasteiger partial charge is 0.338 e. The van der Waals surface area contributed by atoms with Gasteiger partial charge in [0.25, 0.3) is 0 Å². The third kappa shape index (κ3) is 5.47. The molecule has 0 bridgehead atoms. The van der Waals surface area contributed by atoms with E-state index < -0.39 is 0 Å². The Kier molecular flexibility index (Phi) is 8.29. The van der Waals surface area contributed by atoms with Gasteiger partial charge in [-0.3, -0.25) is 5.32 Å². The molecule has 0 aliphatic carbocycles. The fourth-order valence-electron chi connectivity index (χ4n) is 5.71. The molecule has 1 N–H and O–H groups in total. The molecule has 0 saturated carbocycles. The molecule has 7 unspecified atom stereocenters. The lowest BCUT2D eigenvalue weighted by atomic mass is 9.67. The minimum absolute atomic E-state index is 0.0378. The maximum atomic E-state index is 12.8. The van der Waals surface area contributed by atoms with E-state index in [4.69, 9.17) is 14.2 Å². The molecule has 0 spiro atoms. The molecule has 5 heteroatoms. The van der Waals surface area contributed by atoms with Gasteiger partial charge in [0.2, 0.25) is 0 Å². The number of methoxy groups -OCH3 is 1. The molecule has 0 aromatic heterocycles. The van der Waals surface area contributed by atoms with E-state index in [1.807, 2.05) is 6.92 Å². The third-order valence-corrected chi connectivity index (χ3v) is 8.54. The second kappa shape index (κ2) is 10.5. The van der Waals surface area contributed by atoms with Crippen molar-refractivity contribution in [3.63, 3.8) is 0 Å². The number of fused-ring (bicyclic) bond motifs is 1. The van der Waals surface area contributed by atoms with Gasteiger partial charge in [-0.2, -0.15) is 0 Å². The molecule has 1 fully saturated rings. The van der Waals surface area contributed by atoms with Crippen LogP contribution in [0.2, 0.25) is 0 Å². The van der Waals surface area contributed by atoms with Crippen molar-refractivity contribution in [2.45, 2.75) is 99.2 Å². The number of likely N-dealkylation sites (N-methyl/N-ethyl adjacent to an activating group) is 1. The predicted molar refractivity (Wildman–Crippen MR) is 132 cm³/mol. The van der Waals surface area contributed by atoms with Gasteiger partial charge in [0.05, 0.1) is 17.8 Å². The standard InChI is InChI=1S/C28H45NO4/c1-10-29-26(31-9)23-14-19(5)28(7,8)24(32-23)13-17(3)20(6)22-15-21-12-16(2)11-18(4)25(21)27(30)33-22/h11-12,17,19-20,22-24,26,29H,10,13-15H2,1-9H3. The van der Waals surface area contributed by atoms with Crippen LogP contribution < -0.4 is 5.32 Å². The molecule has 1 saturated heterocycles. The molecule has 2 aliphatic rings. The fourth-order valence-corrected chi connectivity index (χ4v) is 5.71. The number of nitrogens with one attached hydrogen (secondary N) is 1. The minimum atomic E-state index is -0.172. The molecular weight excluding hydrogens is 414 g/mol. The lowest BCUT2D eigenvalue weighted by molar-refractivity contribution is -0.192. The Balaban J connectivity index is 1.73. The number of rotatable bonds is 8. The number of aryl methyl sites for hydroxylation is 2. The number of carbonyl (C=O) groups excluding carboxylic acids is 1. The van der Waals surface area contributed by atoms with Crippen LogP contribution in [0.5, 0.6) is 0 Å². The number of esters is 1. The average molecular weight is 460 g/mol. The van der Waals surface area contributed by atoms with Gasteiger partial charge in [0.1, 0.15) is 12.3 Å². The highest BCUT2D eigenvalue weighted by atomic mass is 16.6. The van der Waals surface area contributed by atoms with Crippen LogP contribution in [-0.4, -0.2) is 44.2 Å². The summed E-state index contributed by atoms with van der Waals surface area (Å²) in [4.78, 5) is 12.8. The lowest BCUT2D eigenvalue weighted by Crippen LogP contribution is -2.54. The molecule has 1 aromatic carbocycles. The van der Waals surface area contributed by atoms with Crippen LogP contribution in [0.4, 0.5) is 0 Å². The van der Waals surface area contributed by atoms with Gasteiger partial charge in [-0.1, -0.05) is 59.2 Å². The third-order valence-electron chi connectivity index (χ3n) is 8.54. The van der Waals surface area contributed by atoms with Crippen LogP contribution in [0.15, 0.2) is 12.1 Å². The number of carbonyl (C=O) groups is 1. The van der Waals surface area contributed by atoms with Crippen molar-refractivity contribution in [2.24, 2.45) is 23.2 Å². The van der Waals surface area contributed by atoms with Crippen molar-refractivity contribution >= 4 is 5.97 Å². The zero-order valence-corrected chi connectivity index (χ0v) is 22.2. The van der Waals surface area contributed by atoms with E-state index >= 15 is 0 Å². The highest BCUT2D eigenvalue weighted by molar-refractivity contribution is 5.94. The first-order chi connectivity index (χ1) is 15.5. The van der Waals surface area contributed by atoms with Crippen molar-refractivity contribution in [3.8, 4) is 0 Å². The Hall–Kier alpha value is -1.43. The zero-order chi connectivity index (χ0) is 24.5. The first-order valence-electron chi connectivity index (χ1n) is 12.7. The van der Waals surface area contributed by atoms with Gasteiger partial charge >= 0.3 is 5.97 Å². The van der Waals surface area contributed by atoms with Gasteiger partial charge < -0.3 is 14.2 Å². The molecule has 1 aromatic rings. The van der Waals surface area contributed by atoms with Gasteiger partial charge in [-0.25, -0.2) is 4.79 Å². The summed E-state index contributed by atoms with van der Waals surface area (Å²) in [5.41, 5.74) is 4.17. The van der Waals surface area contributed by atoms with Gasteiger partial charge in [-0.05, 0) is 67.5 Å². The number of benzene rings is 1. The Morgan fingerprint density at radius 2 is 1.91 bits per heavy atom. The number of hydrogen-bond donors (Lipinski definition) is 1. The van der Waals surface area contributed by atoms with Gasteiger partial charge in [0, 0.05) is 13.5 Å². The molecule has 33 heavy (non-hydrogen) atoms. The SMILES string of the molecule is CCNC(OC)C1CC(C)C(C)(C)C(CC(C)C(C)C2Cc3cc(C)cc(C)c3C(=O)O2)O1. The minimum Gasteiger partial charge on any atom is -0.458 e. The summed E-state index contributed by atoms with van der Waals surface area (Å²) in [6, 6.07) is 4.21. The van der Waals surface area contributed by atoms with E-state index in [9.17, 15) is 4.79 Å². The molecule has 0 amide bonds. The molecule has 5 nitrogen and oxygen atoms in total. The molecule has 7 atom stereocenters. The Morgan fingerprint density at radius 1 is 1.21 bits per heavy atom. The highest BCUT2D eigenvalue weighted by Crippen LogP contribution is 2.45. The quantitative estimate of drug-likeness (QED) is 0.414.